The first kappa shape index (κ1) is 14.7. The normalized spacial score (nSPS) is 10.8. The first-order chi connectivity index (χ1) is 10.5. The van der Waals surface area contributed by atoms with Crippen LogP contribution in [0.5, 0.6) is 0 Å². The van der Waals surface area contributed by atoms with Crippen LogP contribution in [0.4, 0.5) is 4.39 Å². The molecular formula is C15H9ClFNO3S. The zero-order chi connectivity index (χ0) is 15.7. The Morgan fingerprint density at radius 2 is 2.00 bits per heavy atom. The van der Waals surface area contributed by atoms with Crippen molar-refractivity contribution in [1.29, 1.82) is 0 Å². The smallest absolute Gasteiger partial charge is 0.311 e. The third kappa shape index (κ3) is 3.03. The molecule has 0 bridgehead atoms. The molecule has 22 heavy (non-hydrogen) atoms. The topological polar surface area (TPSA) is 63.3 Å². The van der Waals surface area contributed by atoms with E-state index in [1.807, 2.05) is 0 Å². The number of carboxylic acid groups (broad SMARTS) is 1. The summed E-state index contributed by atoms with van der Waals surface area (Å²) in [5, 5.41) is 9.00. The highest BCUT2D eigenvalue weighted by Gasteiger charge is 2.20. The van der Waals surface area contributed by atoms with Crippen molar-refractivity contribution in [2.75, 3.05) is 0 Å². The van der Waals surface area contributed by atoms with Gasteiger partial charge in [0.1, 0.15) is 23.7 Å². The average molecular weight is 338 g/mol. The summed E-state index contributed by atoms with van der Waals surface area (Å²) in [6.45, 7) is 0. The van der Waals surface area contributed by atoms with E-state index in [1.165, 1.54) is 35.6 Å². The van der Waals surface area contributed by atoms with Crippen molar-refractivity contribution in [3.8, 4) is 22.0 Å². The molecule has 0 spiro atoms. The van der Waals surface area contributed by atoms with Gasteiger partial charge in [-0.2, -0.15) is 0 Å². The van der Waals surface area contributed by atoms with Crippen molar-refractivity contribution in [2.45, 2.75) is 6.42 Å². The van der Waals surface area contributed by atoms with Gasteiger partial charge in [0.25, 0.3) is 0 Å². The molecular weight excluding hydrogens is 329 g/mol. The van der Waals surface area contributed by atoms with Crippen LogP contribution in [-0.2, 0) is 11.2 Å². The fourth-order valence-corrected chi connectivity index (χ4v) is 3.01. The molecule has 112 valence electrons. The molecule has 0 aliphatic carbocycles. The molecule has 0 radical (unpaired) electrons. The summed E-state index contributed by atoms with van der Waals surface area (Å²) in [5.41, 5.74) is 1.01. The second-order valence-electron chi connectivity index (χ2n) is 4.47. The molecule has 2 aromatic heterocycles. The number of rotatable bonds is 4. The summed E-state index contributed by atoms with van der Waals surface area (Å²) < 4.78 is 19.1. The second kappa shape index (κ2) is 5.90. The Morgan fingerprint density at radius 3 is 2.59 bits per heavy atom. The van der Waals surface area contributed by atoms with Crippen LogP contribution >= 0.6 is 22.9 Å². The number of halogens is 2. The number of aliphatic carboxylic acids is 1. The van der Waals surface area contributed by atoms with Gasteiger partial charge >= 0.3 is 5.97 Å². The predicted octanol–water partition coefficient (Wildman–Crippen LogP) is 4.49. The number of oxazole rings is 1. The zero-order valence-corrected chi connectivity index (χ0v) is 12.6. The lowest BCUT2D eigenvalue weighted by atomic mass is 10.2. The van der Waals surface area contributed by atoms with Crippen molar-refractivity contribution >= 4 is 28.9 Å². The van der Waals surface area contributed by atoms with Gasteiger partial charge in [-0.05, 0) is 36.4 Å². The van der Waals surface area contributed by atoms with E-state index in [0.717, 1.165) is 4.88 Å². The number of carboxylic acids is 1. The summed E-state index contributed by atoms with van der Waals surface area (Å²) in [4.78, 5) is 16.1. The summed E-state index contributed by atoms with van der Waals surface area (Å²) in [6.07, 6.45) is -0.293. The third-order valence-corrected chi connectivity index (χ3v) is 4.14. The van der Waals surface area contributed by atoms with Crippen LogP contribution in [0.1, 0.15) is 5.76 Å². The monoisotopic (exact) mass is 337 g/mol. The molecule has 1 aromatic carbocycles. The van der Waals surface area contributed by atoms with Crippen LogP contribution in [0.3, 0.4) is 0 Å². The fraction of sp³-hybridized carbons (Fsp3) is 0.0667. The van der Waals surface area contributed by atoms with E-state index in [4.69, 9.17) is 21.1 Å². The number of nitrogens with zero attached hydrogens (tertiary/aromatic N) is 1. The van der Waals surface area contributed by atoms with Gasteiger partial charge in [-0.15, -0.1) is 11.3 Å². The number of benzene rings is 1. The highest BCUT2D eigenvalue weighted by Crippen LogP contribution is 2.35. The largest absolute Gasteiger partial charge is 0.481 e. The Balaban J connectivity index is 2.07. The van der Waals surface area contributed by atoms with E-state index in [2.05, 4.69) is 4.98 Å². The summed E-state index contributed by atoms with van der Waals surface area (Å²) in [5.74, 6) is -0.904. The summed E-state index contributed by atoms with van der Waals surface area (Å²) >= 11 is 7.19. The minimum absolute atomic E-state index is 0.241. The van der Waals surface area contributed by atoms with Gasteiger partial charge in [0.15, 0.2) is 0 Å². The molecule has 0 aliphatic heterocycles. The summed E-state index contributed by atoms with van der Waals surface area (Å²) in [6, 6.07) is 9.09. The average Bonchev–Trinajstić information content (AvgIpc) is 3.05. The highest BCUT2D eigenvalue weighted by molar-refractivity contribution is 7.19. The second-order valence-corrected chi connectivity index (χ2v) is 6.19. The number of hydrogen-bond donors (Lipinski definition) is 1. The molecule has 0 unspecified atom stereocenters. The van der Waals surface area contributed by atoms with Crippen molar-refractivity contribution < 1.29 is 18.7 Å². The highest BCUT2D eigenvalue weighted by atomic mass is 35.5. The SMILES string of the molecule is O=C(O)Cc1oc(-c2ccc(F)cc2)nc1-c1ccc(Cl)s1. The molecule has 0 amide bonds. The van der Waals surface area contributed by atoms with Crippen LogP contribution in [0.2, 0.25) is 4.34 Å². The van der Waals surface area contributed by atoms with Crippen LogP contribution in [0.15, 0.2) is 40.8 Å². The van der Waals surface area contributed by atoms with Crippen molar-refractivity contribution in [2.24, 2.45) is 0 Å². The van der Waals surface area contributed by atoms with Gasteiger partial charge < -0.3 is 9.52 Å². The van der Waals surface area contributed by atoms with E-state index >= 15 is 0 Å². The Morgan fingerprint density at radius 1 is 1.27 bits per heavy atom. The molecule has 4 nitrogen and oxygen atoms in total. The van der Waals surface area contributed by atoms with Gasteiger partial charge in [0.2, 0.25) is 5.89 Å². The fourth-order valence-electron chi connectivity index (χ4n) is 1.96. The molecule has 0 atom stereocenters. The Labute approximate surface area is 133 Å². The Bertz CT molecular complexity index is 826. The summed E-state index contributed by atoms with van der Waals surface area (Å²) in [7, 11) is 0. The van der Waals surface area contributed by atoms with E-state index in [9.17, 15) is 9.18 Å². The van der Waals surface area contributed by atoms with Crippen LogP contribution in [0, 0.1) is 5.82 Å². The molecule has 0 saturated heterocycles. The minimum Gasteiger partial charge on any atom is -0.481 e. The van der Waals surface area contributed by atoms with Crippen molar-refractivity contribution in [3.63, 3.8) is 0 Å². The lowest BCUT2D eigenvalue weighted by molar-refractivity contribution is -0.136. The number of carbonyl (C=O) groups is 1. The van der Waals surface area contributed by atoms with Gasteiger partial charge in [-0.25, -0.2) is 9.37 Å². The molecule has 0 saturated carbocycles. The molecule has 2 heterocycles. The standard InChI is InChI=1S/C15H9ClFNO3S/c16-12-6-5-11(22-12)14-10(7-13(19)20)21-15(18-14)8-1-3-9(17)4-2-8/h1-6H,7H2,(H,19,20). The van der Waals surface area contributed by atoms with Gasteiger partial charge in [0.05, 0.1) is 9.21 Å². The van der Waals surface area contributed by atoms with E-state index in [0.29, 0.717) is 15.6 Å². The maximum Gasteiger partial charge on any atom is 0.311 e. The van der Waals surface area contributed by atoms with Crippen molar-refractivity contribution in [1.82, 2.24) is 4.98 Å². The van der Waals surface area contributed by atoms with E-state index in [-0.39, 0.29) is 23.9 Å². The molecule has 3 rings (SSSR count). The molecule has 1 N–H and O–H groups in total. The van der Waals surface area contributed by atoms with E-state index < -0.39 is 5.97 Å². The van der Waals surface area contributed by atoms with Crippen LogP contribution in [0.25, 0.3) is 22.0 Å². The zero-order valence-electron chi connectivity index (χ0n) is 11.0. The predicted molar refractivity (Wildman–Crippen MR) is 81.6 cm³/mol. The van der Waals surface area contributed by atoms with Crippen LogP contribution < -0.4 is 0 Å². The number of thiophene rings is 1. The molecule has 0 fully saturated rings. The Kier molecular flexibility index (Phi) is 3.96. The quantitative estimate of drug-likeness (QED) is 0.762. The lowest BCUT2D eigenvalue weighted by Gasteiger charge is -1.94. The maximum atomic E-state index is 13.0. The first-order valence-electron chi connectivity index (χ1n) is 6.26. The van der Waals surface area contributed by atoms with Crippen LogP contribution in [-0.4, -0.2) is 16.1 Å². The minimum atomic E-state index is -1.02. The maximum absolute atomic E-state index is 13.0. The van der Waals surface area contributed by atoms with Gasteiger partial charge in [-0.1, -0.05) is 11.6 Å². The van der Waals surface area contributed by atoms with Crippen molar-refractivity contribution in [3.05, 3.63) is 52.3 Å². The first-order valence-corrected chi connectivity index (χ1v) is 7.45. The molecule has 3 aromatic rings. The van der Waals surface area contributed by atoms with Gasteiger partial charge in [0, 0.05) is 5.56 Å². The Hall–Kier alpha value is -2.18. The number of aromatic nitrogens is 1. The third-order valence-electron chi connectivity index (χ3n) is 2.91. The molecule has 7 heteroatoms. The molecule has 0 aliphatic rings. The lowest BCUT2D eigenvalue weighted by Crippen LogP contribution is -1.99. The van der Waals surface area contributed by atoms with Gasteiger partial charge in [-0.3, -0.25) is 4.79 Å². The van der Waals surface area contributed by atoms with E-state index in [1.54, 1.807) is 12.1 Å². The number of hydrogen-bond acceptors (Lipinski definition) is 4.